The molecule has 1 saturated heterocycles. The van der Waals surface area contributed by atoms with Crippen LogP contribution in [0.1, 0.15) is 30.9 Å². The number of piperidine rings is 1. The van der Waals surface area contributed by atoms with Crippen LogP contribution in [-0.4, -0.2) is 36.2 Å². The summed E-state index contributed by atoms with van der Waals surface area (Å²) >= 11 is 3.44. The Hall–Kier alpha value is -0.420. The maximum atomic E-state index is 9.23. The van der Waals surface area contributed by atoms with Gasteiger partial charge in [-0.2, -0.15) is 0 Å². The second kappa shape index (κ2) is 7.39. The lowest BCUT2D eigenvalue weighted by atomic mass is 9.98. The lowest BCUT2D eigenvalue weighted by molar-refractivity contribution is 0.118. The molecule has 1 heterocycles. The van der Waals surface area contributed by atoms with Crippen molar-refractivity contribution in [1.82, 2.24) is 4.90 Å². The lowest BCUT2D eigenvalue weighted by Gasteiger charge is -2.32. The molecule has 1 aliphatic heterocycles. The van der Waals surface area contributed by atoms with E-state index in [2.05, 4.69) is 33.0 Å². The average molecular weight is 327 g/mol. The third kappa shape index (κ3) is 4.56. The number of likely N-dealkylation sites (tertiary alicyclic amines) is 1. The molecule has 2 rings (SSSR count). The fourth-order valence-electron chi connectivity index (χ4n) is 2.70. The Morgan fingerprint density at radius 1 is 1.37 bits per heavy atom. The summed E-state index contributed by atoms with van der Waals surface area (Å²) in [5.41, 5.74) is 7.43. The molecule has 1 fully saturated rings. The van der Waals surface area contributed by atoms with Crippen LogP contribution in [-0.2, 0) is 0 Å². The number of aliphatic hydroxyl groups excluding tert-OH is 1. The van der Waals surface area contributed by atoms with E-state index in [1.54, 1.807) is 0 Å². The van der Waals surface area contributed by atoms with Crippen LogP contribution in [0, 0.1) is 5.92 Å². The molecule has 1 aromatic carbocycles. The van der Waals surface area contributed by atoms with Crippen LogP contribution >= 0.6 is 15.9 Å². The van der Waals surface area contributed by atoms with E-state index >= 15 is 0 Å². The Kier molecular flexibility index (Phi) is 5.82. The summed E-state index contributed by atoms with van der Waals surface area (Å²) in [7, 11) is 0. The first-order valence-corrected chi connectivity index (χ1v) is 7.82. The maximum absolute atomic E-state index is 9.23. The zero-order valence-corrected chi connectivity index (χ0v) is 12.8. The molecule has 19 heavy (non-hydrogen) atoms. The third-order valence-electron chi connectivity index (χ3n) is 3.92. The first kappa shape index (κ1) is 15.0. The summed E-state index contributed by atoms with van der Waals surface area (Å²) in [6.07, 6.45) is 3.32. The molecule has 0 bridgehead atoms. The molecule has 2 atom stereocenters. The monoisotopic (exact) mass is 326 g/mol. The highest BCUT2D eigenvalue weighted by atomic mass is 79.9. The van der Waals surface area contributed by atoms with Gasteiger partial charge in [0.15, 0.2) is 0 Å². The molecular formula is C15H23BrN2O. The van der Waals surface area contributed by atoms with Crippen molar-refractivity contribution in [3.8, 4) is 0 Å². The zero-order chi connectivity index (χ0) is 13.7. The Bertz CT molecular complexity index is 382. The zero-order valence-electron chi connectivity index (χ0n) is 11.3. The van der Waals surface area contributed by atoms with Gasteiger partial charge in [-0.25, -0.2) is 0 Å². The number of nitrogens with zero attached hydrogens (tertiary/aromatic N) is 1. The second-order valence-electron chi connectivity index (χ2n) is 5.44. The molecule has 0 radical (unpaired) electrons. The summed E-state index contributed by atoms with van der Waals surface area (Å²) < 4.78 is 1.09. The number of hydrogen-bond donors (Lipinski definition) is 2. The summed E-state index contributed by atoms with van der Waals surface area (Å²) in [6.45, 7) is 3.50. The molecule has 3 N–H and O–H groups in total. The minimum atomic E-state index is 0.0996. The standard InChI is InChI=1S/C15H23BrN2O/c16-14-5-3-13(4-6-14)15(17)7-9-18-8-1-2-12(10-18)11-19/h3-6,12,15,19H,1-2,7-11,17H2. The second-order valence-corrected chi connectivity index (χ2v) is 6.35. The molecular weight excluding hydrogens is 304 g/mol. The maximum Gasteiger partial charge on any atom is 0.0471 e. The Balaban J connectivity index is 1.79. The van der Waals surface area contributed by atoms with Gasteiger partial charge in [0.1, 0.15) is 0 Å². The number of benzene rings is 1. The van der Waals surface area contributed by atoms with E-state index in [4.69, 9.17) is 5.73 Å². The average Bonchev–Trinajstić information content (AvgIpc) is 2.46. The van der Waals surface area contributed by atoms with Gasteiger partial charge in [-0.3, -0.25) is 0 Å². The van der Waals surface area contributed by atoms with Crippen LogP contribution in [0.25, 0.3) is 0 Å². The largest absolute Gasteiger partial charge is 0.396 e. The van der Waals surface area contributed by atoms with Gasteiger partial charge in [0.25, 0.3) is 0 Å². The fraction of sp³-hybridized carbons (Fsp3) is 0.600. The van der Waals surface area contributed by atoms with E-state index in [1.807, 2.05) is 12.1 Å². The highest BCUT2D eigenvalue weighted by Crippen LogP contribution is 2.20. The van der Waals surface area contributed by atoms with Crippen molar-refractivity contribution in [3.63, 3.8) is 0 Å². The summed E-state index contributed by atoms with van der Waals surface area (Å²) in [5, 5.41) is 9.23. The van der Waals surface area contributed by atoms with Gasteiger partial charge in [0.05, 0.1) is 0 Å². The summed E-state index contributed by atoms with van der Waals surface area (Å²) in [5.74, 6) is 0.456. The van der Waals surface area contributed by atoms with E-state index in [9.17, 15) is 5.11 Å². The van der Waals surface area contributed by atoms with Crippen LogP contribution < -0.4 is 5.73 Å². The van der Waals surface area contributed by atoms with Crippen molar-refractivity contribution < 1.29 is 5.11 Å². The predicted octanol–water partition coefficient (Wildman–Crippen LogP) is 2.54. The summed E-state index contributed by atoms with van der Waals surface area (Å²) in [4.78, 5) is 2.43. The Morgan fingerprint density at radius 2 is 2.11 bits per heavy atom. The van der Waals surface area contributed by atoms with Crippen molar-refractivity contribution in [1.29, 1.82) is 0 Å². The Labute approximate surface area is 123 Å². The number of rotatable bonds is 5. The third-order valence-corrected chi connectivity index (χ3v) is 4.44. The number of halogens is 1. The van der Waals surface area contributed by atoms with Crippen LogP contribution in [0.15, 0.2) is 28.7 Å². The number of hydrogen-bond acceptors (Lipinski definition) is 3. The minimum absolute atomic E-state index is 0.0996. The molecule has 2 unspecified atom stereocenters. The van der Waals surface area contributed by atoms with Crippen molar-refractivity contribution in [2.45, 2.75) is 25.3 Å². The Morgan fingerprint density at radius 3 is 2.79 bits per heavy atom. The minimum Gasteiger partial charge on any atom is -0.396 e. The van der Waals surface area contributed by atoms with Crippen LogP contribution in [0.3, 0.4) is 0 Å². The van der Waals surface area contributed by atoms with Crippen molar-refractivity contribution >= 4 is 15.9 Å². The smallest absolute Gasteiger partial charge is 0.0471 e. The highest BCUT2D eigenvalue weighted by Gasteiger charge is 2.19. The molecule has 0 aliphatic carbocycles. The van der Waals surface area contributed by atoms with Gasteiger partial charge in [-0.1, -0.05) is 28.1 Å². The number of nitrogens with two attached hydrogens (primary N) is 1. The van der Waals surface area contributed by atoms with Gasteiger partial charge >= 0.3 is 0 Å². The first-order chi connectivity index (χ1) is 9.19. The highest BCUT2D eigenvalue weighted by molar-refractivity contribution is 9.10. The molecule has 4 heteroatoms. The molecule has 0 amide bonds. The quantitative estimate of drug-likeness (QED) is 0.874. The molecule has 1 aliphatic rings. The predicted molar refractivity (Wildman–Crippen MR) is 81.9 cm³/mol. The van der Waals surface area contributed by atoms with Gasteiger partial charge in [-0.15, -0.1) is 0 Å². The van der Waals surface area contributed by atoms with Gasteiger partial charge in [0, 0.05) is 23.7 Å². The van der Waals surface area contributed by atoms with Crippen LogP contribution in [0.5, 0.6) is 0 Å². The van der Waals surface area contributed by atoms with Crippen LogP contribution in [0.4, 0.5) is 0 Å². The van der Waals surface area contributed by atoms with Gasteiger partial charge in [0.2, 0.25) is 0 Å². The van der Waals surface area contributed by atoms with E-state index in [1.165, 1.54) is 12.0 Å². The number of aliphatic hydroxyl groups is 1. The fourth-order valence-corrected chi connectivity index (χ4v) is 2.97. The molecule has 106 valence electrons. The lowest BCUT2D eigenvalue weighted by Crippen LogP contribution is -2.38. The van der Waals surface area contributed by atoms with Crippen molar-refractivity contribution in [2.24, 2.45) is 11.7 Å². The van der Waals surface area contributed by atoms with Gasteiger partial charge < -0.3 is 15.7 Å². The molecule has 0 spiro atoms. The van der Waals surface area contributed by atoms with Gasteiger partial charge in [-0.05, 0) is 56.0 Å². The van der Waals surface area contributed by atoms with Crippen molar-refractivity contribution in [3.05, 3.63) is 34.3 Å². The van der Waals surface area contributed by atoms with E-state index in [0.717, 1.165) is 36.9 Å². The normalized spacial score (nSPS) is 22.4. The SMILES string of the molecule is NC(CCN1CCCC(CO)C1)c1ccc(Br)cc1. The molecule has 0 aromatic heterocycles. The molecule has 3 nitrogen and oxygen atoms in total. The van der Waals surface area contributed by atoms with E-state index in [-0.39, 0.29) is 6.04 Å². The van der Waals surface area contributed by atoms with Crippen molar-refractivity contribution in [2.75, 3.05) is 26.2 Å². The molecule has 0 saturated carbocycles. The topological polar surface area (TPSA) is 49.5 Å². The van der Waals surface area contributed by atoms with E-state index < -0.39 is 0 Å². The van der Waals surface area contributed by atoms with E-state index in [0.29, 0.717) is 12.5 Å². The molecule has 1 aromatic rings. The first-order valence-electron chi connectivity index (χ1n) is 7.03. The van der Waals surface area contributed by atoms with Crippen LogP contribution in [0.2, 0.25) is 0 Å². The summed E-state index contributed by atoms with van der Waals surface area (Å²) in [6, 6.07) is 8.35.